The van der Waals surface area contributed by atoms with E-state index in [0.29, 0.717) is 44.2 Å². The predicted molar refractivity (Wildman–Crippen MR) is 90.3 cm³/mol. The zero-order valence-corrected chi connectivity index (χ0v) is 14.3. The molecule has 1 aliphatic rings. The van der Waals surface area contributed by atoms with Crippen LogP contribution in [0.25, 0.3) is 0 Å². The Labute approximate surface area is 141 Å². The van der Waals surface area contributed by atoms with E-state index in [1.54, 1.807) is 44.4 Å². The number of pyridine rings is 1. The number of fused-ring (bicyclic) bond motifs is 1. The van der Waals surface area contributed by atoms with Crippen LogP contribution in [0.4, 0.5) is 16.3 Å². The fourth-order valence-corrected chi connectivity index (χ4v) is 2.61. The van der Waals surface area contributed by atoms with E-state index in [1.807, 2.05) is 0 Å². The topological polar surface area (TPSA) is 84.0 Å². The Balaban J connectivity index is 2.22. The van der Waals surface area contributed by atoms with Crippen LogP contribution in [0.5, 0.6) is 0 Å². The van der Waals surface area contributed by atoms with E-state index in [2.05, 4.69) is 10.3 Å². The third-order valence-corrected chi connectivity index (χ3v) is 3.83. The second-order valence-corrected chi connectivity index (χ2v) is 5.45. The summed E-state index contributed by atoms with van der Waals surface area (Å²) >= 11 is 0. The van der Waals surface area contributed by atoms with Crippen molar-refractivity contribution in [3.63, 3.8) is 0 Å². The molecule has 0 aliphatic carbocycles. The van der Waals surface area contributed by atoms with Crippen LogP contribution in [0, 0.1) is 0 Å². The molecular weight excluding hydrogens is 312 g/mol. The van der Waals surface area contributed by atoms with Crippen molar-refractivity contribution in [3.05, 3.63) is 18.3 Å². The summed E-state index contributed by atoms with van der Waals surface area (Å²) in [6.07, 6.45) is 2.31. The Morgan fingerprint density at radius 1 is 1.33 bits per heavy atom. The standard InChI is InChI=1S/C16H24N4O4/c1-12-15(21)19(9-11-24-3)14-13(6-4-7-17-14)20(12)16(22)18-8-5-10-23-2/h4,6-7,12H,5,8-11H2,1-3H3,(H,18,22). The van der Waals surface area contributed by atoms with Gasteiger partial charge in [0.05, 0.1) is 18.8 Å². The lowest BCUT2D eigenvalue weighted by Gasteiger charge is -2.39. The number of nitrogens with one attached hydrogen (secondary N) is 1. The highest BCUT2D eigenvalue weighted by Crippen LogP contribution is 2.33. The van der Waals surface area contributed by atoms with Crippen LogP contribution in [-0.4, -0.2) is 63.5 Å². The van der Waals surface area contributed by atoms with Gasteiger partial charge in [0.2, 0.25) is 0 Å². The van der Waals surface area contributed by atoms with Gasteiger partial charge >= 0.3 is 6.03 Å². The molecule has 1 N–H and O–H groups in total. The summed E-state index contributed by atoms with van der Waals surface area (Å²) < 4.78 is 10.0. The molecule has 132 valence electrons. The van der Waals surface area contributed by atoms with E-state index in [0.717, 1.165) is 0 Å². The minimum Gasteiger partial charge on any atom is -0.385 e. The molecular formula is C16H24N4O4. The first-order valence-corrected chi connectivity index (χ1v) is 7.93. The molecule has 8 nitrogen and oxygen atoms in total. The minimum absolute atomic E-state index is 0.176. The summed E-state index contributed by atoms with van der Waals surface area (Å²) in [6, 6.07) is 2.62. The highest BCUT2D eigenvalue weighted by Gasteiger charge is 2.39. The highest BCUT2D eigenvalue weighted by atomic mass is 16.5. The van der Waals surface area contributed by atoms with Gasteiger partial charge in [0.1, 0.15) is 6.04 Å². The highest BCUT2D eigenvalue weighted by molar-refractivity contribution is 6.11. The summed E-state index contributed by atoms with van der Waals surface area (Å²) in [5.74, 6) is 0.301. The number of amides is 3. The first-order chi connectivity index (χ1) is 11.6. The van der Waals surface area contributed by atoms with Gasteiger partial charge in [-0.05, 0) is 25.5 Å². The van der Waals surface area contributed by atoms with Crippen molar-refractivity contribution in [1.29, 1.82) is 0 Å². The number of rotatable bonds is 7. The Morgan fingerprint density at radius 2 is 2.08 bits per heavy atom. The molecule has 1 aromatic rings. The van der Waals surface area contributed by atoms with Gasteiger partial charge in [-0.3, -0.25) is 14.6 Å². The molecule has 0 spiro atoms. The number of carbonyl (C=O) groups excluding carboxylic acids is 2. The molecule has 8 heteroatoms. The number of nitrogens with zero attached hydrogens (tertiary/aromatic N) is 3. The van der Waals surface area contributed by atoms with Crippen LogP contribution in [0.2, 0.25) is 0 Å². The number of hydrogen-bond donors (Lipinski definition) is 1. The van der Waals surface area contributed by atoms with Gasteiger partial charge in [-0.15, -0.1) is 0 Å². The molecule has 1 aromatic heterocycles. The fourth-order valence-electron chi connectivity index (χ4n) is 2.61. The number of carbonyl (C=O) groups is 2. The fraction of sp³-hybridized carbons (Fsp3) is 0.562. The van der Waals surface area contributed by atoms with Crippen molar-refractivity contribution < 1.29 is 19.1 Å². The quantitative estimate of drug-likeness (QED) is 0.752. The maximum Gasteiger partial charge on any atom is 0.322 e. The Morgan fingerprint density at radius 3 is 2.79 bits per heavy atom. The monoisotopic (exact) mass is 336 g/mol. The van der Waals surface area contributed by atoms with E-state index >= 15 is 0 Å². The lowest BCUT2D eigenvalue weighted by atomic mass is 10.1. The van der Waals surface area contributed by atoms with Crippen molar-refractivity contribution in [1.82, 2.24) is 10.3 Å². The normalized spacial score (nSPS) is 17.0. The summed E-state index contributed by atoms with van der Waals surface area (Å²) in [5.41, 5.74) is 0.616. The van der Waals surface area contributed by atoms with Gasteiger partial charge in [0.25, 0.3) is 5.91 Å². The van der Waals surface area contributed by atoms with Gasteiger partial charge < -0.3 is 14.8 Å². The Hall–Kier alpha value is -2.19. The van der Waals surface area contributed by atoms with E-state index in [9.17, 15) is 9.59 Å². The molecule has 0 bridgehead atoms. The largest absolute Gasteiger partial charge is 0.385 e. The van der Waals surface area contributed by atoms with Crippen molar-refractivity contribution in [2.75, 3.05) is 50.3 Å². The first kappa shape index (κ1) is 18.2. The number of aromatic nitrogens is 1. The predicted octanol–water partition coefficient (Wildman–Crippen LogP) is 1.02. The molecule has 1 aliphatic heterocycles. The minimum atomic E-state index is -0.610. The van der Waals surface area contributed by atoms with Gasteiger partial charge in [-0.1, -0.05) is 0 Å². The van der Waals surface area contributed by atoms with Crippen LogP contribution >= 0.6 is 0 Å². The van der Waals surface area contributed by atoms with Crippen LogP contribution in [0.1, 0.15) is 13.3 Å². The lowest BCUT2D eigenvalue weighted by molar-refractivity contribution is -0.119. The lowest BCUT2D eigenvalue weighted by Crippen LogP contribution is -2.57. The van der Waals surface area contributed by atoms with Crippen molar-refractivity contribution in [3.8, 4) is 0 Å². The summed E-state index contributed by atoms with van der Waals surface area (Å²) in [6.45, 7) is 3.56. The molecule has 1 unspecified atom stereocenters. The van der Waals surface area contributed by atoms with E-state index in [1.165, 1.54) is 4.90 Å². The van der Waals surface area contributed by atoms with Gasteiger partial charge in [-0.25, -0.2) is 9.78 Å². The van der Waals surface area contributed by atoms with Crippen LogP contribution < -0.4 is 15.1 Å². The van der Waals surface area contributed by atoms with E-state index < -0.39 is 6.04 Å². The van der Waals surface area contributed by atoms with Crippen LogP contribution in [0.3, 0.4) is 0 Å². The third-order valence-electron chi connectivity index (χ3n) is 3.83. The number of ether oxygens (including phenoxy) is 2. The molecule has 24 heavy (non-hydrogen) atoms. The summed E-state index contributed by atoms with van der Waals surface area (Å²) in [5, 5.41) is 2.82. The smallest absolute Gasteiger partial charge is 0.322 e. The Bertz CT molecular complexity index is 581. The SMILES string of the molecule is COCCCNC(=O)N1c2cccnc2N(CCOC)C(=O)C1C. The molecule has 2 heterocycles. The molecule has 1 atom stereocenters. The molecule has 0 aromatic carbocycles. The maximum atomic E-state index is 12.7. The Kier molecular flexibility index (Phi) is 6.51. The number of urea groups is 1. The number of methoxy groups -OCH3 is 2. The van der Waals surface area contributed by atoms with Gasteiger partial charge in [0.15, 0.2) is 5.82 Å². The van der Waals surface area contributed by atoms with Gasteiger partial charge in [-0.2, -0.15) is 0 Å². The average molecular weight is 336 g/mol. The average Bonchev–Trinajstić information content (AvgIpc) is 2.59. The second kappa shape index (κ2) is 8.60. The third kappa shape index (κ3) is 3.82. The van der Waals surface area contributed by atoms with Crippen LogP contribution in [0.15, 0.2) is 18.3 Å². The molecule has 3 amide bonds. The van der Waals surface area contributed by atoms with Crippen molar-refractivity contribution in [2.45, 2.75) is 19.4 Å². The van der Waals surface area contributed by atoms with Crippen LogP contribution in [-0.2, 0) is 14.3 Å². The maximum absolute atomic E-state index is 12.7. The molecule has 2 rings (SSSR count). The van der Waals surface area contributed by atoms with E-state index in [-0.39, 0.29) is 11.9 Å². The summed E-state index contributed by atoms with van der Waals surface area (Å²) in [4.78, 5) is 32.5. The summed E-state index contributed by atoms with van der Waals surface area (Å²) in [7, 11) is 3.20. The molecule has 0 fully saturated rings. The zero-order chi connectivity index (χ0) is 17.5. The zero-order valence-electron chi connectivity index (χ0n) is 14.3. The van der Waals surface area contributed by atoms with Gasteiger partial charge in [0, 0.05) is 33.6 Å². The van der Waals surface area contributed by atoms with E-state index in [4.69, 9.17) is 9.47 Å². The molecule has 0 radical (unpaired) electrons. The molecule has 0 saturated heterocycles. The number of hydrogen-bond acceptors (Lipinski definition) is 5. The first-order valence-electron chi connectivity index (χ1n) is 7.93. The second-order valence-electron chi connectivity index (χ2n) is 5.45. The van der Waals surface area contributed by atoms with Crippen molar-refractivity contribution >= 4 is 23.4 Å². The number of anilines is 2. The molecule has 0 saturated carbocycles. The van der Waals surface area contributed by atoms with Crippen molar-refractivity contribution in [2.24, 2.45) is 0 Å².